The van der Waals surface area contributed by atoms with Gasteiger partial charge >= 0.3 is 23.2 Å². The van der Waals surface area contributed by atoms with Crippen LogP contribution in [0.4, 0.5) is 20.2 Å². The summed E-state index contributed by atoms with van der Waals surface area (Å²) in [6.45, 7) is 0.629. The minimum absolute atomic E-state index is 0.0698. The molecule has 0 unspecified atom stereocenters. The van der Waals surface area contributed by atoms with Gasteiger partial charge in [-0.3, -0.25) is 15.0 Å². The summed E-state index contributed by atoms with van der Waals surface area (Å²) in [5.41, 5.74) is 5.70. The molecule has 10 heteroatoms. The lowest BCUT2D eigenvalue weighted by molar-refractivity contribution is -0.914. The van der Waals surface area contributed by atoms with E-state index in [2.05, 4.69) is 10.3 Å². The number of amides is 1. The maximum Gasteiger partial charge on any atom is 0.332 e. The summed E-state index contributed by atoms with van der Waals surface area (Å²) in [7, 11) is 1.41. The van der Waals surface area contributed by atoms with Gasteiger partial charge in [-0.15, -0.1) is 0 Å². The normalized spacial score (nSPS) is 22.8. The minimum atomic E-state index is -3.35. The van der Waals surface area contributed by atoms with Crippen LogP contribution in [-0.2, 0) is 5.92 Å². The molecule has 0 bridgehead atoms. The number of benzene rings is 1. The average Bonchev–Trinajstić information content (AvgIpc) is 3.65. The van der Waals surface area contributed by atoms with Crippen molar-refractivity contribution in [2.75, 3.05) is 18.2 Å². The van der Waals surface area contributed by atoms with E-state index in [-0.39, 0.29) is 27.9 Å². The number of hydrogen-bond donors (Lipinski definition) is 4. The number of nitrogens with two attached hydrogens (primary N) is 1. The molecule has 2 aliphatic rings. The molecule has 1 amide bonds. The van der Waals surface area contributed by atoms with Crippen LogP contribution in [0.5, 0.6) is 5.75 Å². The Morgan fingerprint density at radius 3 is 2.57 bits per heavy atom. The summed E-state index contributed by atoms with van der Waals surface area (Å²) in [5, 5.41) is 23.5. The Morgan fingerprint density at radius 1 is 1.29 bits per heavy atom. The Bertz CT molecular complexity index is 1140. The Morgan fingerprint density at radius 2 is 1.97 bits per heavy atom. The number of nitrogen functional groups attached to an aromatic ring is 1. The Labute approximate surface area is 202 Å². The van der Waals surface area contributed by atoms with Gasteiger partial charge in [0.15, 0.2) is 0 Å². The molecular formula is C25H31F2N4O4+. The summed E-state index contributed by atoms with van der Waals surface area (Å²) in [6.07, 6.45) is 6.88. The van der Waals surface area contributed by atoms with Gasteiger partial charge in [-0.05, 0) is 56.6 Å². The van der Waals surface area contributed by atoms with Crippen molar-refractivity contribution in [2.45, 2.75) is 63.0 Å². The van der Waals surface area contributed by atoms with E-state index in [1.165, 1.54) is 25.3 Å². The maximum atomic E-state index is 13.8. The number of alkyl halides is 2. The third-order valence-corrected chi connectivity index (χ3v) is 6.88. The lowest BCUT2D eigenvalue weighted by atomic mass is 9.79. The number of aliphatic imine (C=N–C) groups is 1. The van der Waals surface area contributed by atoms with E-state index < -0.39 is 23.1 Å². The van der Waals surface area contributed by atoms with Gasteiger partial charge in [-0.25, -0.2) is 0 Å². The van der Waals surface area contributed by atoms with Crippen LogP contribution >= 0.6 is 0 Å². The van der Waals surface area contributed by atoms with E-state index in [9.17, 15) is 23.9 Å². The number of rotatable bonds is 7. The van der Waals surface area contributed by atoms with Crippen molar-refractivity contribution in [2.24, 2.45) is 10.9 Å². The Hall–Kier alpha value is -3.27. The molecule has 188 valence electrons. The van der Waals surface area contributed by atoms with E-state index in [0.717, 1.165) is 44.6 Å². The fraction of sp³-hybridized carbons (Fsp3) is 0.480. The number of hydrogen-bond acceptors (Lipinski definition) is 6. The molecule has 0 saturated heterocycles. The van der Waals surface area contributed by atoms with Crippen molar-refractivity contribution in [3.8, 4) is 5.75 Å². The van der Waals surface area contributed by atoms with Gasteiger partial charge in [0.05, 0.1) is 24.4 Å². The molecule has 2 aliphatic carbocycles. The second kappa shape index (κ2) is 9.41. The van der Waals surface area contributed by atoms with E-state index >= 15 is 0 Å². The molecule has 1 aromatic heterocycles. The van der Waals surface area contributed by atoms with Crippen molar-refractivity contribution in [3.05, 3.63) is 47.3 Å². The quantitative estimate of drug-likeness (QED) is 0.205. The zero-order valence-electron chi connectivity index (χ0n) is 19.8. The number of ether oxygens (including phenoxy) is 1. The first kappa shape index (κ1) is 24.8. The molecule has 2 aromatic rings. The van der Waals surface area contributed by atoms with Crippen molar-refractivity contribution >= 4 is 23.5 Å². The highest BCUT2D eigenvalue weighted by Crippen LogP contribution is 2.47. The van der Waals surface area contributed by atoms with Crippen molar-refractivity contribution in [1.29, 1.82) is 0 Å². The van der Waals surface area contributed by atoms with Crippen LogP contribution in [0, 0.1) is 5.92 Å². The third-order valence-electron chi connectivity index (χ3n) is 6.88. The predicted molar refractivity (Wildman–Crippen MR) is 126 cm³/mol. The number of aliphatic hydroxyl groups is 1. The molecule has 0 aliphatic heterocycles. The van der Waals surface area contributed by atoms with Crippen LogP contribution in [0.15, 0.2) is 35.3 Å². The largest absolute Gasteiger partial charge is 0.494 e. The minimum Gasteiger partial charge on any atom is -0.494 e. The zero-order chi connectivity index (χ0) is 25.4. The van der Waals surface area contributed by atoms with Gasteiger partial charge in [-0.1, -0.05) is 0 Å². The molecule has 0 atom stereocenters. The van der Waals surface area contributed by atoms with E-state index in [1.54, 1.807) is 12.3 Å². The van der Waals surface area contributed by atoms with Crippen LogP contribution in [0.1, 0.15) is 67.2 Å². The van der Waals surface area contributed by atoms with Crippen LogP contribution < -0.4 is 20.5 Å². The van der Waals surface area contributed by atoms with Crippen molar-refractivity contribution in [3.63, 3.8) is 0 Å². The van der Waals surface area contributed by atoms with Crippen molar-refractivity contribution in [1.82, 2.24) is 0 Å². The number of nitrogens with zero attached hydrogens (tertiary/aromatic N) is 2. The molecule has 2 saturated carbocycles. The molecule has 4 rings (SSSR count). The molecule has 8 nitrogen and oxygen atoms in total. The first-order valence-electron chi connectivity index (χ1n) is 11.7. The molecule has 1 heterocycles. The molecule has 35 heavy (non-hydrogen) atoms. The molecule has 0 spiro atoms. The van der Waals surface area contributed by atoms with Crippen LogP contribution in [-0.4, -0.2) is 41.2 Å². The monoisotopic (exact) mass is 489 g/mol. The third kappa shape index (κ3) is 5.37. The number of aromatic nitrogens is 1. The van der Waals surface area contributed by atoms with Gasteiger partial charge in [-0.2, -0.15) is 8.78 Å². The second-order valence-electron chi connectivity index (χ2n) is 9.52. The van der Waals surface area contributed by atoms with Gasteiger partial charge in [0.1, 0.15) is 5.75 Å². The number of methoxy groups -OCH3 is 1. The molecule has 0 radical (unpaired) electrons. The highest BCUT2D eigenvalue weighted by molar-refractivity contribution is 6.04. The molecule has 5 N–H and O–H groups in total. The van der Waals surface area contributed by atoms with Crippen molar-refractivity contribution < 1.29 is 33.4 Å². The van der Waals surface area contributed by atoms with E-state index in [4.69, 9.17) is 10.5 Å². The summed E-state index contributed by atoms with van der Waals surface area (Å²) in [4.78, 5) is 17.5. The first-order valence-corrected chi connectivity index (χ1v) is 11.7. The molecule has 1 aromatic carbocycles. The van der Waals surface area contributed by atoms with E-state index in [1.807, 2.05) is 0 Å². The van der Waals surface area contributed by atoms with Crippen LogP contribution in [0.3, 0.4) is 0 Å². The summed E-state index contributed by atoms with van der Waals surface area (Å²) in [6, 6.07) is 6.71. The number of halogens is 2. The fourth-order valence-electron chi connectivity index (χ4n) is 4.65. The number of carbonyl (C=O) groups is 1. The summed E-state index contributed by atoms with van der Waals surface area (Å²) in [5.74, 6) is -3.46. The average molecular weight is 490 g/mol. The smallest absolute Gasteiger partial charge is 0.332 e. The van der Waals surface area contributed by atoms with Gasteiger partial charge < -0.3 is 20.9 Å². The summed E-state index contributed by atoms with van der Waals surface area (Å²) >= 11 is 0. The van der Waals surface area contributed by atoms with Crippen LogP contribution in [0.25, 0.3) is 0 Å². The highest BCUT2D eigenvalue weighted by atomic mass is 19.3. The lowest BCUT2D eigenvalue weighted by Gasteiger charge is -2.35. The number of pyridine rings is 1. The fourth-order valence-corrected chi connectivity index (χ4v) is 4.65. The molecule has 2 fully saturated rings. The van der Waals surface area contributed by atoms with Gasteiger partial charge in [0, 0.05) is 47.3 Å². The number of nitrogens with one attached hydrogen (secondary N) is 1. The van der Waals surface area contributed by atoms with E-state index in [0.29, 0.717) is 24.1 Å². The summed E-state index contributed by atoms with van der Waals surface area (Å²) < 4.78 is 33.0. The molecular weight excluding hydrogens is 458 g/mol. The maximum absolute atomic E-state index is 13.8. The zero-order valence-corrected chi connectivity index (χ0v) is 19.8. The standard InChI is InChI=1S/C25H30F2N4O4/c1-24(26,27)22-5-3-4-20(31(22)34)23(32)30-19-12-15(18(28)13-21(19)35-2)14-29-17-8-10-25(33,11-9-17)16-6-7-16/h3-5,12-14,16-17,28,32-34H,6-11H2,1-2H3/p+1. The highest BCUT2D eigenvalue weighted by Gasteiger charge is 2.45. The number of anilines is 2. The Kier molecular flexibility index (Phi) is 6.68. The van der Waals surface area contributed by atoms with Crippen LogP contribution in [0.2, 0.25) is 0 Å². The van der Waals surface area contributed by atoms with Gasteiger partial charge in [0.2, 0.25) is 0 Å². The SMILES string of the molecule is COc1cc(N)c(C=NC2CCC(O)(C3CC3)CC2)cc1NC(=O)c1cccc(C(C)(F)F)[n+]1O. The van der Waals surface area contributed by atoms with Gasteiger partial charge in [0.25, 0.3) is 0 Å². The second-order valence-corrected chi connectivity index (χ2v) is 9.52. The first-order chi connectivity index (χ1) is 16.5. The number of carbonyl (C=O) groups excluding carboxylic acids is 1. The topological polar surface area (TPSA) is 121 Å². The lowest BCUT2D eigenvalue weighted by Crippen LogP contribution is -2.46. The predicted octanol–water partition coefficient (Wildman–Crippen LogP) is 3.67. The Balaban J connectivity index is 1.52.